The molecule has 3 nitrogen and oxygen atoms in total. The molecule has 4 heteroatoms. The maximum absolute atomic E-state index is 11.6. The van der Waals surface area contributed by atoms with Crippen molar-refractivity contribution >= 4 is 23.4 Å². The molecule has 0 bridgehead atoms. The first-order valence-corrected chi connectivity index (χ1v) is 6.31. The van der Waals surface area contributed by atoms with E-state index in [9.17, 15) is 4.79 Å². The molecule has 0 spiro atoms. The number of amides is 1. The van der Waals surface area contributed by atoms with Crippen molar-refractivity contribution in [1.29, 1.82) is 0 Å². The van der Waals surface area contributed by atoms with Gasteiger partial charge in [-0.2, -0.15) is 0 Å². The van der Waals surface area contributed by atoms with E-state index in [1.54, 1.807) is 0 Å². The molecule has 0 aliphatic rings. The zero-order chi connectivity index (χ0) is 12.0. The minimum atomic E-state index is -0.0895. The first-order valence-electron chi connectivity index (χ1n) is 5.43. The molecule has 0 heterocycles. The van der Waals surface area contributed by atoms with Crippen LogP contribution in [0.3, 0.4) is 0 Å². The van der Waals surface area contributed by atoms with Crippen molar-refractivity contribution in [2.24, 2.45) is 0 Å². The molecule has 0 aliphatic carbocycles. The molecular formula is C12H18N2OS. The van der Waals surface area contributed by atoms with E-state index in [2.05, 4.69) is 5.32 Å². The van der Waals surface area contributed by atoms with Crippen molar-refractivity contribution in [2.75, 3.05) is 12.3 Å². The molecule has 1 unspecified atom stereocenters. The van der Waals surface area contributed by atoms with Gasteiger partial charge in [-0.25, -0.2) is 0 Å². The monoisotopic (exact) mass is 238 g/mol. The van der Waals surface area contributed by atoms with E-state index in [0.717, 1.165) is 23.5 Å². The van der Waals surface area contributed by atoms with Gasteiger partial charge in [0.1, 0.15) is 0 Å². The SMILES string of the molecule is CCCNC(=O)C(C)Sc1cccc(N)c1. The highest BCUT2D eigenvalue weighted by atomic mass is 32.2. The molecule has 0 aromatic heterocycles. The molecule has 1 amide bonds. The van der Waals surface area contributed by atoms with Crippen molar-refractivity contribution in [3.63, 3.8) is 0 Å². The van der Waals surface area contributed by atoms with Crippen molar-refractivity contribution in [3.8, 4) is 0 Å². The summed E-state index contributed by atoms with van der Waals surface area (Å²) in [7, 11) is 0. The molecule has 3 N–H and O–H groups in total. The summed E-state index contributed by atoms with van der Waals surface area (Å²) in [5.74, 6) is 0.0780. The number of anilines is 1. The van der Waals surface area contributed by atoms with Crippen molar-refractivity contribution in [3.05, 3.63) is 24.3 Å². The Morgan fingerprint density at radius 3 is 2.94 bits per heavy atom. The minimum Gasteiger partial charge on any atom is -0.399 e. The van der Waals surface area contributed by atoms with Gasteiger partial charge in [0.2, 0.25) is 5.91 Å². The Morgan fingerprint density at radius 1 is 1.56 bits per heavy atom. The normalized spacial score (nSPS) is 12.1. The highest BCUT2D eigenvalue weighted by Gasteiger charge is 2.13. The first kappa shape index (κ1) is 12.9. The summed E-state index contributed by atoms with van der Waals surface area (Å²) < 4.78 is 0. The number of nitrogens with two attached hydrogens (primary N) is 1. The van der Waals surface area contributed by atoms with Gasteiger partial charge in [-0.1, -0.05) is 13.0 Å². The number of thioether (sulfide) groups is 1. The standard InChI is InChI=1S/C12H18N2OS/c1-3-7-14-12(15)9(2)16-11-6-4-5-10(13)8-11/h4-6,8-9H,3,7,13H2,1-2H3,(H,14,15). The fraction of sp³-hybridized carbons (Fsp3) is 0.417. The number of nitrogens with one attached hydrogen (secondary N) is 1. The Bertz CT molecular complexity index is 355. The van der Waals surface area contributed by atoms with Crippen LogP contribution in [0.5, 0.6) is 0 Å². The van der Waals surface area contributed by atoms with Gasteiger partial charge in [0.05, 0.1) is 5.25 Å². The van der Waals surface area contributed by atoms with Gasteiger partial charge in [-0.15, -0.1) is 11.8 Å². The summed E-state index contributed by atoms with van der Waals surface area (Å²) in [6, 6.07) is 7.58. The van der Waals surface area contributed by atoms with E-state index in [4.69, 9.17) is 5.73 Å². The maximum atomic E-state index is 11.6. The van der Waals surface area contributed by atoms with Gasteiger partial charge in [-0.3, -0.25) is 4.79 Å². The van der Waals surface area contributed by atoms with Gasteiger partial charge in [0.15, 0.2) is 0 Å². The lowest BCUT2D eigenvalue weighted by molar-refractivity contribution is -0.120. The van der Waals surface area contributed by atoms with Crippen molar-refractivity contribution in [2.45, 2.75) is 30.4 Å². The van der Waals surface area contributed by atoms with Crippen LogP contribution in [-0.2, 0) is 4.79 Å². The lowest BCUT2D eigenvalue weighted by Crippen LogP contribution is -2.31. The minimum absolute atomic E-state index is 0.0780. The molecule has 1 aromatic carbocycles. The van der Waals surface area contributed by atoms with Crippen LogP contribution < -0.4 is 11.1 Å². The van der Waals surface area contributed by atoms with E-state index in [0.29, 0.717) is 0 Å². The first-order chi connectivity index (χ1) is 7.63. The largest absolute Gasteiger partial charge is 0.399 e. The van der Waals surface area contributed by atoms with Crippen LogP contribution in [-0.4, -0.2) is 17.7 Å². The summed E-state index contributed by atoms with van der Waals surface area (Å²) in [5.41, 5.74) is 6.40. The molecule has 1 aromatic rings. The second-order valence-electron chi connectivity index (χ2n) is 3.62. The number of rotatable bonds is 5. The number of carbonyl (C=O) groups excluding carboxylic acids is 1. The third-order valence-corrected chi connectivity index (χ3v) is 3.18. The van der Waals surface area contributed by atoms with E-state index in [1.807, 2.05) is 38.1 Å². The highest BCUT2D eigenvalue weighted by molar-refractivity contribution is 8.00. The molecule has 0 saturated heterocycles. The van der Waals surface area contributed by atoms with Crippen LogP contribution in [0.15, 0.2) is 29.2 Å². The average molecular weight is 238 g/mol. The molecular weight excluding hydrogens is 220 g/mol. The van der Waals surface area contributed by atoms with Crippen LogP contribution in [0.2, 0.25) is 0 Å². The fourth-order valence-electron chi connectivity index (χ4n) is 1.24. The van der Waals surface area contributed by atoms with Crippen molar-refractivity contribution < 1.29 is 4.79 Å². The molecule has 1 atom stereocenters. The molecule has 16 heavy (non-hydrogen) atoms. The summed E-state index contributed by atoms with van der Waals surface area (Å²) >= 11 is 1.52. The summed E-state index contributed by atoms with van der Waals surface area (Å²) in [5, 5.41) is 2.79. The van der Waals surface area contributed by atoms with Gasteiger partial charge in [0.25, 0.3) is 0 Å². The van der Waals surface area contributed by atoms with Crippen molar-refractivity contribution in [1.82, 2.24) is 5.32 Å². The van der Waals surface area contributed by atoms with Crippen LogP contribution in [0.4, 0.5) is 5.69 Å². The summed E-state index contributed by atoms with van der Waals surface area (Å²) in [6.45, 7) is 4.68. The Labute approximate surface area is 101 Å². The van der Waals surface area contributed by atoms with Gasteiger partial charge < -0.3 is 11.1 Å². The highest BCUT2D eigenvalue weighted by Crippen LogP contribution is 2.24. The zero-order valence-electron chi connectivity index (χ0n) is 9.69. The number of carbonyl (C=O) groups is 1. The number of nitrogen functional groups attached to an aromatic ring is 1. The number of benzene rings is 1. The van der Waals surface area contributed by atoms with Gasteiger partial charge in [0, 0.05) is 17.1 Å². The second-order valence-corrected chi connectivity index (χ2v) is 5.04. The third kappa shape index (κ3) is 4.14. The molecule has 0 radical (unpaired) electrons. The molecule has 0 saturated carbocycles. The molecule has 0 aliphatic heterocycles. The summed E-state index contributed by atoms with van der Waals surface area (Å²) in [6.07, 6.45) is 0.960. The predicted molar refractivity (Wildman–Crippen MR) is 69.5 cm³/mol. The molecule has 0 fully saturated rings. The van der Waals surface area contributed by atoms with Crippen LogP contribution >= 0.6 is 11.8 Å². The maximum Gasteiger partial charge on any atom is 0.233 e. The topological polar surface area (TPSA) is 55.1 Å². The summed E-state index contributed by atoms with van der Waals surface area (Å²) in [4.78, 5) is 12.7. The van der Waals surface area contributed by atoms with E-state index >= 15 is 0 Å². The predicted octanol–water partition coefficient (Wildman–Crippen LogP) is 2.28. The van der Waals surface area contributed by atoms with Crippen LogP contribution in [0, 0.1) is 0 Å². The molecule has 1 rings (SSSR count). The Hall–Kier alpha value is -1.16. The quantitative estimate of drug-likeness (QED) is 0.611. The zero-order valence-corrected chi connectivity index (χ0v) is 10.5. The van der Waals surface area contributed by atoms with Crippen LogP contribution in [0.25, 0.3) is 0 Å². The van der Waals surface area contributed by atoms with E-state index in [-0.39, 0.29) is 11.2 Å². The fourth-order valence-corrected chi connectivity index (χ4v) is 2.20. The average Bonchev–Trinajstić information content (AvgIpc) is 2.25. The van der Waals surface area contributed by atoms with Gasteiger partial charge >= 0.3 is 0 Å². The second kappa shape index (κ2) is 6.43. The van der Waals surface area contributed by atoms with E-state index < -0.39 is 0 Å². The van der Waals surface area contributed by atoms with Gasteiger partial charge in [-0.05, 0) is 31.5 Å². The number of hydrogen-bond acceptors (Lipinski definition) is 3. The number of hydrogen-bond donors (Lipinski definition) is 2. The lowest BCUT2D eigenvalue weighted by atomic mass is 10.3. The Morgan fingerprint density at radius 2 is 2.31 bits per heavy atom. The van der Waals surface area contributed by atoms with Crippen LogP contribution in [0.1, 0.15) is 20.3 Å². The smallest absolute Gasteiger partial charge is 0.233 e. The van der Waals surface area contributed by atoms with E-state index in [1.165, 1.54) is 11.8 Å². The lowest BCUT2D eigenvalue weighted by Gasteiger charge is -2.11. The third-order valence-electron chi connectivity index (χ3n) is 2.09. The Kier molecular flexibility index (Phi) is 5.19. The molecule has 88 valence electrons. The Balaban J connectivity index is 2.50.